The van der Waals surface area contributed by atoms with Crippen LogP contribution in [0.4, 0.5) is 0 Å². The van der Waals surface area contributed by atoms with Crippen LogP contribution in [-0.2, 0) is 9.59 Å². The van der Waals surface area contributed by atoms with Crippen LogP contribution in [0, 0.1) is 0 Å². The molecular formula is C15H20N2O4S. The maximum atomic E-state index is 11.7. The van der Waals surface area contributed by atoms with Crippen molar-refractivity contribution < 1.29 is 19.5 Å². The van der Waals surface area contributed by atoms with Crippen LogP contribution >= 0.6 is 11.3 Å². The molecule has 2 amide bonds. The van der Waals surface area contributed by atoms with E-state index in [2.05, 4.69) is 10.6 Å². The highest BCUT2D eigenvalue weighted by molar-refractivity contribution is 7.08. The molecule has 0 bridgehead atoms. The van der Waals surface area contributed by atoms with Gasteiger partial charge < -0.3 is 15.7 Å². The topological polar surface area (TPSA) is 95.5 Å². The fraction of sp³-hybridized carbons (Fsp3) is 0.400. The van der Waals surface area contributed by atoms with Gasteiger partial charge in [-0.3, -0.25) is 9.59 Å². The third-order valence-corrected chi connectivity index (χ3v) is 3.57. The summed E-state index contributed by atoms with van der Waals surface area (Å²) in [5, 5.41) is 17.7. The maximum absolute atomic E-state index is 11.7. The lowest BCUT2D eigenvalue weighted by molar-refractivity contribution is -0.141. The van der Waals surface area contributed by atoms with Crippen LogP contribution in [0.3, 0.4) is 0 Å². The van der Waals surface area contributed by atoms with Gasteiger partial charge in [0.15, 0.2) is 0 Å². The molecule has 1 atom stereocenters. The highest BCUT2D eigenvalue weighted by Gasteiger charge is 2.17. The van der Waals surface area contributed by atoms with Crippen molar-refractivity contribution in [2.45, 2.75) is 32.2 Å². The molecule has 0 saturated heterocycles. The van der Waals surface area contributed by atoms with E-state index in [0.717, 1.165) is 0 Å². The van der Waals surface area contributed by atoms with Gasteiger partial charge in [0.1, 0.15) is 6.04 Å². The second kappa shape index (κ2) is 9.73. The lowest BCUT2D eigenvalue weighted by atomic mass is 10.2. The van der Waals surface area contributed by atoms with Crippen molar-refractivity contribution in [3.63, 3.8) is 0 Å². The van der Waals surface area contributed by atoms with Gasteiger partial charge in [0.25, 0.3) is 5.91 Å². The summed E-state index contributed by atoms with van der Waals surface area (Å²) in [5.74, 6) is -1.56. The molecule has 1 aromatic heterocycles. The molecule has 0 spiro atoms. The number of carbonyl (C=O) groups excluding carboxylic acids is 2. The van der Waals surface area contributed by atoms with E-state index in [1.807, 2.05) is 5.38 Å². The first kappa shape index (κ1) is 17.9. The van der Waals surface area contributed by atoms with Gasteiger partial charge in [0.05, 0.1) is 0 Å². The summed E-state index contributed by atoms with van der Waals surface area (Å²) in [6.45, 7) is 2.16. The number of carbonyl (C=O) groups is 3. The molecule has 0 aliphatic carbocycles. The molecule has 1 aromatic rings. The molecule has 0 fully saturated rings. The molecule has 22 heavy (non-hydrogen) atoms. The maximum Gasteiger partial charge on any atom is 0.326 e. The zero-order chi connectivity index (χ0) is 16.4. The van der Waals surface area contributed by atoms with Crippen LogP contribution in [0.2, 0.25) is 0 Å². The molecule has 7 heteroatoms. The summed E-state index contributed by atoms with van der Waals surface area (Å²) in [5.41, 5.74) is 0.603. The van der Waals surface area contributed by atoms with Crippen LogP contribution in [0.5, 0.6) is 0 Å². The number of carboxylic acids is 1. The van der Waals surface area contributed by atoms with E-state index in [1.165, 1.54) is 11.3 Å². The first-order valence-electron chi connectivity index (χ1n) is 6.98. The van der Waals surface area contributed by atoms with Crippen LogP contribution in [0.1, 0.15) is 36.5 Å². The number of hydrogen-bond donors (Lipinski definition) is 3. The number of hydrogen-bond acceptors (Lipinski definition) is 4. The minimum absolute atomic E-state index is 0.168. The van der Waals surface area contributed by atoms with Crippen LogP contribution in [0.15, 0.2) is 29.0 Å². The number of rotatable bonds is 9. The SMILES string of the molecule is C/C=C/CC(NC(=O)CCCNC(=O)c1ccsc1)C(=O)O. The zero-order valence-corrected chi connectivity index (χ0v) is 13.2. The number of aliphatic carboxylic acids is 1. The van der Waals surface area contributed by atoms with Gasteiger partial charge in [-0.25, -0.2) is 4.79 Å². The zero-order valence-electron chi connectivity index (χ0n) is 12.4. The Morgan fingerprint density at radius 3 is 2.77 bits per heavy atom. The Labute approximate surface area is 133 Å². The molecule has 0 aliphatic rings. The minimum atomic E-state index is -1.06. The van der Waals surface area contributed by atoms with Crippen molar-refractivity contribution in [2.24, 2.45) is 0 Å². The molecule has 3 N–H and O–H groups in total. The third-order valence-electron chi connectivity index (χ3n) is 2.89. The number of amides is 2. The highest BCUT2D eigenvalue weighted by Crippen LogP contribution is 2.05. The Hall–Kier alpha value is -2.15. The summed E-state index contributed by atoms with van der Waals surface area (Å²) in [6, 6.07) is 0.815. The molecule has 6 nitrogen and oxygen atoms in total. The molecule has 1 heterocycles. The molecule has 0 saturated carbocycles. The molecule has 1 rings (SSSR count). The Kier molecular flexibility index (Phi) is 7.91. The Morgan fingerprint density at radius 1 is 1.41 bits per heavy atom. The van der Waals surface area contributed by atoms with Crippen molar-refractivity contribution in [3.8, 4) is 0 Å². The number of thiophene rings is 1. The van der Waals surface area contributed by atoms with E-state index in [4.69, 9.17) is 5.11 Å². The Bertz CT molecular complexity index is 526. The van der Waals surface area contributed by atoms with E-state index in [-0.39, 0.29) is 24.7 Å². The molecule has 120 valence electrons. The lowest BCUT2D eigenvalue weighted by Crippen LogP contribution is -2.40. The fourth-order valence-corrected chi connectivity index (χ4v) is 2.34. The first-order valence-corrected chi connectivity index (χ1v) is 7.92. The minimum Gasteiger partial charge on any atom is -0.480 e. The van der Waals surface area contributed by atoms with Crippen LogP contribution in [-0.4, -0.2) is 35.5 Å². The van der Waals surface area contributed by atoms with Gasteiger partial charge in [-0.1, -0.05) is 12.2 Å². The van der Waals surface area contributed by atoms with Gasteiger partial charge >= 0.3 is 5.97 Å². The lowest BCUT2D eigenvalue weighted by Gasteiger charge is -2.12. The summed E-state index contributed by atoms with van der Waals surface area (Å²) in [4.78, 5) is 34.3. The van der Waals surface area contributed by atoms with Crippen molar-refractivity contribution in [3.05, 3.63) is 34.5 Å². The number of nitrogens with one attached hydrogen (secondary N) is 2. The summed E-state index contributed by atoms with van der Waals surface area (Å²) < 4.78 is 0. The second-order valence-electron chi connectivity index (χ2n) is 4.63. The first-order chi connectivity index (χ1) is 10.5. The fourth-order valence-electron chi connectivity index (χ4n) is 1.71. The van der Waals surface area contributed by atoms with Crippen molar-refractivity contribution in [1.29, 1.82) is 0 Å². The van der Waals surface area contributed by atoms with Crippen molar-refractivity contribution in [1.82, 2.24) is 10.6 Å². The van der Waals surface area contributed by atoms with Crippen molar-refractivity contribution in [2.75, 3.05) is 6.54 Å². The summed E-state index contributed by atoms with van der Waals surface area (Å²) in [6.07, 6.45) is 4.32. The summed E-state index contributed by atoms with van der Waals surface area (Å²) in [7, 11) is 0. The molecule has 0 aliphatic heterocycles. The quantitative estimate of drug-likeness (QED) is 0.477. The molecule has 0 aromatic carbocycles. The van der Waals surface area contributed by atoms with E-state index in [9.17, 15) is 14.4 Å². The Morgan fingerprint density at radius 2 is 2.18 bits per heavy atom. The van der Waals surface area contributed by atoms with Gasteiger partial charge in [-0.2, -0.15) is 11.3 Å². The number of allylic oxidation sites excluding steroid dienone is 1. The van der Waals surface area contributed by atoms with Gasteiger partial charge in [-0.15, -0.1) is 0 Å². The van der Waals surface area contributed by atoms with E-state index >= 15 is 0 Å². The summed E-state index contributed by atoms with van der Waals surface area (Å²) >= 11 is 1.44. The predicted molar refractivity (Wildman–Crippen MR) is 84.9 cm³/mol. The van der Waals surface area contributed by atoms with Gasteiger partial charge in [-0.05, 0) is 31.2 Å². The van der Waals surface area contributed by atoms with Crippen LogP contribution < -0.4 is 10.6 Å². The smallest absolute Gasteiger partial charge is 0.326 e. The van der Waals surface area contributed by atoms with E-state index in [1.54, 1.807) is 30.5 Å². The molecule has 1 unspecified atom stereocenters. The highest BCUT2D eigenvalue weighted by atomic mass is 32.1. The average molecular weight is 324 g/mol. The van der Waals surface area contributed by atoms with E-state index < -0.39 is 12.0 Å². The predicted octanol–water partition coefficient (Wildman–Crippen LogP) is 1.79. The monoisotopic (exact) mass is 324 g/mol. The largest absolute Gasteiger partial charge is 0.480 e. The second-order valence-corrected chi connectivity index (χ2v) is 5.41. The van der Waals surface area contributed by atoms with Gasteiger partial charge in [0, 0.05) is 23.9 Å². The Balaban J connectivity index is 2.24. The van der Waals surface area contributed by atoms with Crippen LogP contribution in [0.25, 0.3) is 0 Å². The standard InChI is InChI=1S/C15H20N2O4S/c1-2-3-5-12(15(20)21)17-13(18)6-4-8-16-14(19)11-7-9-22-10-11/h2-3,7,9-10,12H,4-6,8H2,1H3,(H,16,19)(H,17,18)(H,20,21)/b3-2+. The number of carboxylic acid groups (broad SMARTS) is 1. The molecule has 0 radical (unpaired) electrons. The van der Waals surface area contributed by atoms with E-state index in [0.29, 0.717) is 18.5 Å². The average Bonchev–Trinajstić information content (AvgIpc) is 3.01. The molecular weight excluding hydrogens is 304 g/mol. The van der Waals surface area contributed by atoms with Crippen molar-refractivity contribution >= 4 is 29.1 Å². The van der Waals surface area contributed by atoms with Gasteiger partial charge in [0.2, 0.25) is 5.91 Å². The third kappa shape index (κ3) is 6.53. The normalized spacial score (nSPS) is 12.0.